The Morgan fingerprint density at radius 3 is 2.38 bits per heavy atom. The van der Waals surface area contributed by atoms with Gasteiger partial charge in [-0.25, -0.2) is 4.99 Å². The maximum absolute atomic E-state index is 9.36. The molecule has 1 rings (SSSR count). The molecule has 0 aliphatic heterocycles. The van der Waals surface area contributed by atoms with Gasteiger partial charge in [0.2, 0.25) is 0 Å². The van der Waals surface area contributed by atoms with Gasteiger partial charge in [-0.2, -0.15) is 0 Å². The van der Waals surface area contributed by atoms with E-state index >= 15 is 0 Å². The molecule has 24 heavy (non-hydrogen) atoms. The number of rotatable bonds is 9. The van der Waals surface area contributed by atoms with E-state index in [0.29, 0.717) is 6.54 Å². The van der Waals surface area contributed by atoms with E-state index in [1.807, 2.05) is 0 Å². The molecule has 4 nitrogen and oxygen atoms in total. The summed E-state index contributed by atoms with van der Waals surface area (Å²) in [6.45, 7) is 13.3. The summed E-state index contributed by atoms with van der Waals surface area (Å²) in [5, 5.41) is 16.2. The Morgan fingerprint density at radius 1 is 1.12 bits per heavy atom. The highest BCUT2D eigenvalue weighted by Crippen LogP contribution is 2.29. The second kappa shape index (κ2) is 10.3. The fourth-order valence-corrected chi connectivity index (χ4v) is 2.98. The second-order valence-electron chi connectivity index (χ2n) is 6.66. The molecule has 1 aromatic rings. The van der Waals surface area contributed by atoms with Crippen LogP contribution in [0.4, 0.5) is 0 Å². The van der Waals surface area contributed by atoms with E-state index in [1.54, 1.807) is 0 Å². The van der Waals surface area contributed by atoms with Gasteiger partial charge in [-0.3, -0.25) is 0 Å². The molecule has 0 aliphatic rings. The third-order valence-electron chi connectivity index (χ3n) is 5.02. The first-order valence-electron chi connectivity index (χ1n) is 9.19. The van der Waals surface area contributed by atoms with Crippen LogP contribution < -0.4 is 10.6 Å². The number of aliphatic imine (C=N–C) groups is 1. The van der Waals surface area contributed by atoms with Crippen LogP contribution in [0, 0.1) is 19.3 Å². The van der Waals surface area contributed by atoms with Gasteiger partial charge in [0, 0.05) is 19.7 Å². The lowest BCUT2D eigenvalue weighted by Crippen LogP contribution is -2.43. The number of aliphatic hydroxyl groups is 1. The molecule has 136 valence electrons. The Balaban J connectivity index is 2.78. The lowest BCUT2D eigenvalue weighted by atomic mass is 9.79. The van der Waals surface area contributed by atoms with Crippen LogP contribution in [0.15, 0.2) is 23.2 Å². The third-order valence-corrected chi connectivity index (χ3v) is 5.02. The lowest BCUT2D eigenvalue weighted by molar-refractivity contribution is 0.169. The normalized spacial score (nSPS) is 12.3. The molecule has 0 amide bonds. The van der Waals surface area contributed by atoms with Crippen LogP contribution in [0.2, 0.25) is 0 Å². The second-order valence-corrected chi connectivity index (χ2v) is 6.66. The van der Waals surface area contributed by atoms with Crippen molar-refractivity contribution in [1.82, 2.24) is 10.6 Å². The molecule has 0 heterocycles. The predicted octanol–water partition coefficient (Wildman–Crippen LogP) is 3.55. The number of benzene rings is 1. The number of aliphatic hydroxyl groups excluding tert-OH is 1. The largest absolute Gasteiger partial charge is 0.396 e. The average Bonchev–Trinajstić information content (AvgIpc) is 2.57. The van der Waals surface area contributed by atoms with Crippen LogP contribution in [-0.2, 0) is 6.54 Å². The molecule has 0 unspecified atom stereocenters. The molecule has 0 aliphatic carbocycles. The minimum absolute atomic E-state index is 0.130. The summed E-state index contributed by atoms with van der Waals surface area (Å²) in [5.74, 6) is 0.849. The molecule has 0 atom stereocenters. The smallest absolute Gasteiger partial charge is 0.191 e. The summed E-state index contributed by atoms with van der Waals surface area (Å²) in [5.41, 5.74) is 3.95. The number of hydrogen-bond donors (Lipinski definition) is 3. The summed E-state index contributed by atoms with van der Waals surface area (Å²) < 4.78 is 0. The zero-order valence-corrected chi connectivity index (χ0v) is 16.1. The van der Waals surface area contributed by atoms with Crippen molar-refractivity contribution < 1.29 is 5.11 Å². The standard InChI is InChI=1S/C20H35N3O/c1-6-20(7-2,11-12-24)15-23-19(21-8-3)22-14-18-10-9-16(4)13-17(18)5/h9-10,13,24H,6-8,11-12,14-15H2,1-5H3,(H2,21,22,23). The van der Waals surface area contributed by atoms with Crippen molar-refractivity contribution in [1.29, 1.82) is 0 Å². The molecular weight excluding hydrogens is 298 g/mol. The van der Waals surface area contributed by atoms with Crippen LogP contribution in [0.5, 0.6) is 0 Å². The van der Waals surface area contributed by atoms with Gasteiger partial charge in [0.1, 0.15) is 0 Å². The Kier molecular flexibility index (Phi) is 8.83. The van der Waals surface area contributed by atoms with Crippen molar-refractivity contribution in [3.8, 4) is 0 Å². The van der Waals surface area contributed by atoms with Crippen molar-refractivity contribution >= 4 is 5.96 Å². The van der Waals surface area contributed by atoms with Gasteiger partial charge < -0.3 is 15.7 Å². The van der Waals surface area contributed by atoms with Gasteiger partial charge in [-0.1, -0.05) is 37.6 Å². The molecule has 3 N–H and O–H groups in total. The van der Waals surface area contributed by atoms with Crippen molar-refractivity contribution in [3.05, 3.63) is 34.9 Å². The van der Waals surface area contributed by atoms with Gasteiger partial charge in [-0.15, -0.1) is 0 Å². The number of aryl methyl sites for hydroxylation is 2. The molecular formula is C20H35N3O. The number of nitrogens with zero attached hydrogens (tertiary/aromatic N) is 1. The van der Waals surface area contributed by atoms with E-state index in [-0.39, 0.29) is 12.0 Å². The van der Waals surface area contributed by atoms with Gasteiger partial charge in [0.05, 0.1) is 6.54 Å². The fraction of sp³-hybridized carbons (Fsp3) is 0.650. The summed E-state index contributed by atoms with van der Waals surface area (Å²) in [6.07, 6.45) is 2.92. The monoisotopic (exact) mass is 333 g/mol. The van der Waals surface area contributed by atoms with Crippen molar-refractivity contribution in [3.63, 3.8) is 0 Å². The van der Waals surface area contributed by atoms with E-state index in [0.717, 1.165) is 38.3 Å². The van der Waals surface area contributed by atoms with Gasteiger partial charge in [0.15, 0.2) is 5.96 Å². The summed E-state index contributed by atoms with van der Waals surface area (Å²) in [6, 6.07) is 6.50. The minimum atomic E-state index is 0.130. The Morgan fingerprint density at radius 2 is 1.83 bits per heavy atom. The highest BCUT2D eigenvalue weighted by Gasteiger charge is 2.25. The van der Waals surface area contributed by atoms with Crippen LogP contribution in [0.25, 0.3) is 0 Å². The van der Waals surface area contributed by atoms with Crippen molar-refractivity contribution in [2.24, 2.45) is 10.4 Å². The van der Waals surface area contributed by atoms with Crippen LogP contribution in [0.3, 0.4) is 0 Å². The fourth-order valence-electron chi connectivity index (χ4n) is 2.98. The lowest BCUT2D eigenvalue weighted by Gasteiger charge is -2.32. The van der Waals surface area contributed by atoms with Crippen LogP contribution in [-0.4, -0.2) is 30.8 Å². The molecule has 0 saturated heterocycles. The molecule has 0 radical (unpaired) electrons. The van der Waals surface area contributed by atoms with E-state index < -0.39 is 0 Å². The van der Waals surface area contributed by atoms with Crippen LogP contribution in [0.1, 0.15) is 56.7 Å². The van der Waals surface area contributed by atoms with E-state index in [1.165, 1.54) is 16.7 Å². The van der Waals surface area contributed by atoms with Gasteiger partial charge in [-0.05, 0) is 56.6 Å². The van der Waals surface area contributed by atoms with Crippen molar-refractivity contribution in [2.75, 3.05) is 19.7 Å². The molecule has 1 aromatic carbocycles. The molecule has 0 bridgehead atoms. The summed E-state index contributed by atoms with van der Waals surface area (Å²) in [4.78, 5) is 4.74. The highest BCUT2D eigenvalue weighted by atomic mass is 16.3. The van der Waals surface area contributed by atoms with E-state index in [4.69, 9.17) is 4.99 Å². The minimum Gasteiger partial charge on any atom is -0.396 e. The molecule has 0 spiro atoms. The maximum atomic E-state index is 9.36. The van der Waals surface area contributed by atoms with E-state index in [9.17, 15) is 5.11 Å². The molecule has 0 saturated carbocycles. The topological polar surface area (TPSA) is 56.7 Å². The SMILES string of the molecule is CCNC(=NCc1ccc(C)cc1C)NCC(CC)(CC)CCO. The predicted molar refractivity (Wildman–Crippen MR) is 103 cm³/mol. The first-order chi connectivity index (χ1) is 11.5. The Bertz CT molecular complexity index is 522. The van der Waals surface area contributed by atoms with Crippen LogP contribution >= 0.6 is 0 Å². The quantitative estimate of drug-likeness (QED) is 0.478. The highest BCUT2D eigenvalue weighted by molar-refractivity contribution is 5.79. The number of nitrogens with one attached hydrogen (secondary N) is 2. The molecule has 0 aromatic heterocycles. The zero-order chi connectivity index (χ0) is 18.0. The molecule has 0 fully saturated rings. The Labute approximate surface area is 147 Å². The average molecular weight is 334 g/mol. The van der Waals surface area contributed by atoms with E-state index in [2.05, 4.69) is 63.5 Å². The maximum Gasteiger partial charge on any atom is 0.191 e. The third kappa shape index (κ3) is 6.16. The first kappa shape index (κ1) is 20.5. The van der Waals surface area contributed by atoms with Gasteiger partial charge >= 0.3 is 0 Å². The summed E-state index contributed by atoms with van der Waals surface area (Å²) >= 11 is 0. The first-order valence-corrected chi connectivity index (χ1v) is 9.19. The Hall–Kier alpha value is -1.55. The number of hydrogen-bond acceptors (Lipinski definition) is 2. The van der Waals surface area contributed by atoms with Crippen molar-refractivity contribution in [2.45, 2.75) is 60.4 Å². The molecule has 4 heteroatoms. The van der Waals surface area contributed by atoms with Gasteiger partial charge in [0.25, 0.3) is 0 Å². The zero-order valence-electron chi connectivity index (χ0n) is 16.1. The number of guanidine groups is 1. The summed E-state index contributed by atoms with van der Waals surface area (Å²) in [7, 11) is 0.